The number of benzene rings is 1. The summed E-state index contributed by atoms with van der Waals surface area (Å²) in [6, 6.07) is 5.28. The van der Waals surface area contributed by atoms with E-state index in [2.05, 4.69) is 20.1 Å². The van der Waals surface area contributed by atoms with Crippen molar-refractivity contribution in [2.75, 3.05) is 0 Å². The molecule has 4 rings (SSSR count). The van der Waals surface area contributed by atoms with Crippen LogP contribution >= 0.6 is 0 Å². The summed E-state index contributed by atoms with van der Waals surface area (Å²) in [7, 11) is 0. The maximum Gasteiger partial charge on any atom is 0.234 e. The first-order valence-corrected chi connectivity index (χ1v) is 7.37. The molecule has 0 aliphatic carbocycles. The molecule has 0 spiro atoms. The van der Waals surface area contributed by atoms with Crippen molar-refractivity contribution in [3.05, 3.63) is 66.6 Å². The fourth-order valence-electron chi connectivity index (χ4n) is 2.50. The van der Waals surface area contributed by atoms with Crippen molar-refractivity contribution < 1.29 is 13.3 Å². The average molecular weight is 339 g/mol. The third kappa shape index (κ3) is 2.67. The van der Waals surface area contributed by atoms with Crippen molar-refractivity contribution in [3.63, 3.8) is 0 Å². The molecule has 0 N–H and O–H groups in total. The van der Waals surface area contributed by atoms with E-state index in [9.17, 15) is 8.78 Å². The fourth-order valence-corrected chi connectivity index (χ4v) is 2.50. The predicted octanol–water partition coefficient (Wildman–Crippen LogP) is 3.57. The molecule has 3 aromatic heterocycles. The molecule has 1 aromatic carbocycles. The van der Waals surface area contributed by atoms with Gasteiger partial charge in [0.05, 0.1) is 11.3 Å². The smallest absolute Gasteiger partial charge is 0.234 e. The maximum absolute atomic E-state index is 13.6. The third-order valence-corrected chi connectivity index (χ3v) is 3.68. The molecular weight excluding hydrogens is 328 g/mol. The Labute approximate surface area is 140 Å². The van der Waals surface area contributed by atoms with Gasteiger partial charge in [0.2, 0.25) is 5.95 Å². The quantitative estimate of drug-likeness (QED) is 0.571. The zero-order valence-corrected chi connectivity index (χ0v) is 13.0. The predicted molar refractivity (Wildman–Crippen MR) is 84.7 cm³/mol. The lowest BCUT2D eigenvalue weighted by Gasteiger charge is -2.01. The molecule has 0 saturated carbocycles. The zero-order chi connectivity index (χ0) is 17.4. The highest BCUT2D eigenvalue weighted by Crippen LogP contribution is 2.34. The molecule has 3 heterocycles. The molecule has 0 unspecified atom stereocenters. The number of nitrogens with zero attached hydrogens (tertiary/aromatic N) is 5. The Morgan fingerprint density at radius 3 is 2.60 bits per heavy atom. The molecule has 4 aromatic rings. The molecule has 0 aliphatic heterocycles. The molecule has 0 radical (unpaired) electrons. The molecular formula is C17H11F2N5O. The zero-order valence-electron chi connectivity index (χ0n) is 13.0. The normalized spacial score (nSPS) is 11.0. The van der Waals surface area contributed by atoms with Gasteiger partial charge in [0, 0.05) is 24.2 Å². The second-order valence-electron chi connectivity index (χ2n) is 5.31. The Hall–Kier alpha value is -3.42. The van der Waals surface area contributed by atoms with Crippen LogP contribution < -0.4 is 0 Å². The standard InChI is InChI=1S/C17H11F2N5O/c1-10-15(14-8-24(9-22-14)17-20-5-2-6-21-17)16(23-25-10)11-3-4-12(18)13(19)7-11/h2-9H,1H3. The van der Waals surface area contributed by atoms with E-state index in [-0.39, 0.29) is 0 Å². The van der Waals surface area contributed by atoms with Gasteiger partial charge in [0.15, 0.2) is 11.6 Å². The molecule has 25 heavy (non-hydrogen) atoms. The molecule has 6 nitrogen and oxygen atoms in total. The first kappa shape index (κ1) is 15.1. The lowest BCUT2D eigenvalue weighted by Crippen LogP contribution is -1.96. The molecule has 0 amide bonds. The van der Waals surface area contributed by atoms with E-state index in [1.54, 1.807) is 42.5 Å². The third-order valence-electron chi connectivity index (χ3n) is 3.68. The van der Waals surface area contributed by atoms with Crippen molar-refractivity contribution in [2.45, 2.75) is 6.92 Å². The summed E-state index contributed by atoms with van der Waals surface area (Å²) in [5.74, 6) is -0.896. The van der Waals surface area contributed by atoms with E-state index in [4.69, 9.17) is 4.52 Å². The van der Waals surface area contributed by atoms with Gasteiger partial charge < -0.3 is 4.52 Å². The van der Waals surface area contributed by atoms with Gasteiger partial charge in [-0.15, -0.1) is 0 Å². The Balaban J connectivity index is 1.80. The van der Waals surface area contributed by atoms with Gasteiger partial charge >= 0.3 is 0 Å². The largest absolute Gasteiger partial charge is 0.360 e. The SMILES string of the molecule is Cc1onc(-c2ccc(F)c(F)c2)c1-c1cn(-c2ncccn2)cn1. The molecule has 0 fully saturated rings. The van der Waals surface area contributed by atoms with E-state index in [1.165, 1.54) is 6.07 Å². The van der Waals surface area contributed by atoms with E-state index in [1.807, 2.05) is 0 Å². The van der Waals surface area contributed by atoms with E-state index >= 15 is 0 Å². The molecule has 0 saturated heterocycles. The van der Waals surface area contributed by atoms with E-state index in [0.717, 1.165) is 12.1 Å². The van der Waals surface area contributed by atoms with Crippen LogP contribution in [0.5, 0.6) is 0 Å². The van der Waals surface area contributed by atoms with Crippen molar-refractivity contribution in [2.24, 2.45) is 0 Å². The van der Waals surface area contributed by atoms with Crippen LogP contribution in [0.4, 0.5) is 8.78 Å². The molecule has 0 atom stereocenters. The van der Waals surface area contributed by atoms with Crippen LogP contribution in [0.1, 0.15) is 5.76 Å². The number of aryl methyl sites for hydroxylation is 1. The topological polar surface area (TPSA) is 69.6 Å². The molecule has 0 aliphatic rings. The first-order valence-electron chi connectivity index (χ1n) is 7.37. The van der Waals surface area contributed by atoms with Crippen molar-refractivity contribution >= 4 is 0 Å². The number of hydrogen-bond acceptors (Lipinski definition) is 5. The highest BCUT2D eigenvalue weighted by molar-refractivity contribution is 5.80. The summed E-state index contributed by atoms with van der Waals surface area (Å²) in [4.78, 5) is 12.6. The van der Waals surface area contributed by atoms with Crippen LogP contribution in [0.25, 0.3) is 28.5 Å². The van der Waals surface area contributed by atoms with E-state index < -0.39 is 11.6 Å². The van der Waals surface area contributed by atoms with Crippen LogP contribution in [0.15, 0.2) is 53.7 Å². The lowest BCUT2D eigenvalue weighted by molar-refractivity contribution is 0.400. The monoisotopic (exact) mass is 339 g/mol. The molecule has 124 valence electrons. The second-order valence-corrected chi connectivity index (χ2v) is 5.31. The summed E-state index contributed by atoms with van der Waals surface area (Å²) in [6.45, 7) is 1.73. The Morgan fingerprint density at radius 1 is 1.04 bits per heavy atom. The van der Waals surface area contributed by atoms with Gasteiger partial charge in [0.25, 0.3) is 0 Å². The minimum atomic E-state index is -0.952. The highest BCUT2D eigenvalue weighted by Gasteiger charge is 2.20. The van der Waals surface area contributed by atoms with Gasteiger partial charge in [-0.1, -0.05) is 5.16 Å². The number of rotatable bonds is 3. The van der Waals surface area contributed by atoms with Crippen LogP contribution in [0, 0.1) is 18.6 Å². The van der Waals surface area contributed by atoms with Gasteiger partial charge in [-0.2, -0.15) is 0 Å². The Morgan fingerprint density at radius 2 is 1.84 bits per heavy atom. The second kappa shape index (κ2) is 5.90. The number of halogens is 2. The molecule has 8 heteroatoms. The first-order chi connectivity index (χ1) is 12.1. The van der Waals surface area contributed by atoms with Crippen LogP contribution in [0.3, 0.4) is 0 Å². The summed E-state index contributed by atoms with van der Waals surface area (Å²) in [6.07, 6.45) is 6.53. The lowest BCUT2D eigenvalue weighted by atomic mass is 10.0. The molecule has 0 bridgehead atoms. The number of imidazole rings is 1. The van der Waals surface area contributed by atoms with E-state index in [0.29, 0.717) is 34.2 Å². The fraction of sp³-hybridized carbons (Fsp3) is 0.0588. The van der Waals surface area contributed by atoms with Crippen LogP contribution in [-0.2, 0) is 0 Å². The van der Waals surface area contributed by atoms with Gasteiger partial charge in [-0.3, -0.25) is 4.57 Å². The van der Waals surface area contributed by atoms with Crippen LogP contribution in [-0.4, -0.2) is 24.7 Å². The maximum atomic E-state index is 13.6. The minimum Gasteiger partial charge on any atom is -0.360 e. The van der Waals surface area contributed by atoms with Crippen molar-refractivity contribution in [1.29, 1.82) is 0 Å². The minimum absolute atomic E-state index is 0.385. The van der Waals surface area contributed by atoms with Crippen molar-refractivity contribution in [3.8, 4) is 28.5 Å². The summed E-state index contributed by atoms with van der Waals surface area (Å²) < 4.78 is 33.6. The van der Waals surface area contributed by atoms with Crippen LogP contribution in [0.2, 0.25) is 0 Å². The summed E-state index contributed by atoms with van der Waals surface area (Å²) >= 11 is 0. The number of hydrogen-bond donors (Lipinski definition) is 0. The van der Waals surface area contributed by atoms with Crippen molar-refractivity contribution in [1.82, 2.24) is 24.7 Å². The van der Waals surface area contributed by atoms with Gasteiger partial charge in [-0.25, -0.2) is 23.7 Å². The highest BCUT2D eigenvalue weighted by atomic mass is 19.2. The number of aromatic nitrogens is 5. The Kier molecular flexibility index (Phi) is 3.57. The van der Waals surface area contributed by atoms with Gasteiger partial charge in [-0.05, 0) is 31.2 Å². The Bertz CT molecular complexity index is 1040. The summed E-state index contributed by atoms with van der Waals surface area (Å²) in [5, 5.41) is 3.97. The average Bonchev–Trinajstić information content (AvgIpc) is 3.25. The summed E-state index contributed by atoms with van der Waals surface area (Å²) in [5.41, 5.74) is 1.94. The van der Waals surface area contributed by atoms with Gasteiger partial charge in [0.1, 0.15) is 17.8 Å².